The number of aliphatic hydroxyl groups is 5. The summed E-state index contributed by atoms with van der Waals surface area (Å²) in [6.07, 6.45) is 24.4. The van der Waals surface area contributed by atoms with E-state index in [2.05, 4.69) is 24.1 Å². The molecule has 380 valence electrons. The van der Waals surface area contributed by atoms with Crippen LogP contribution in [0.2, 0.25) is 0 Å². The minimum Gasteiger partial charge on any atom is -0.454 e. The van der Waals surface area contributed by atoms with Crippen LogP contribution in [0.25, 0.3) is 0 Å². The molecule has 14 rings (SSSR count). The van der Waals surface area contributed by atoms with Crippen LogP contribution >= 0.6 is 0 Å². The van der Waals surface area contributed by atoms with E-state index in [1.165, 1.54) is 57.8 Å². The molecule has 0 saturated heterocycles. The second kappa shape index (κ2) is 16.2. The van der Waals surface area contributed by atoms with Crippen molar-refractivity contribution >= 4 is 12.3 Å². The Bertz CT molecular complexity index is 2390. The fraction of sp³-hybridized carbons (Fsp3) is 0.803. The van der Waals surface area contributed by atoms with Crippen LogP contribution < -0.4 is 5.32 Å². The van der Waals surface area contributed by atoms with Crippen molar-refractivity contribution in [1.82, 2.24) is 5.32 Å². The van der Waals surface area contributed by atoms with Gasteiger partial charge in [0.15, 0.2) is 0 Å². The number of likely N-dealkylation sites (N-methyl/N-ethyl adjacent to an activating group) is 1. The molecule has 9 heteroatoms. The zero-order valence-electron chi connectivity index (χ0n) is 42.4. The number of hydrogen-bond acceptors (Lipinski definition) is 9. The number of aliphatic hydroxyl groups excluding tert-OH is 2. The van der Waals surface area contributed by atoms with Gasteiger partial charge in [0.05, 0.1) is 29.3 Å². The molecule has 4 bridgehead atoms. The Morgan fingerprint density at radius 1 is 0.871 bits per heavy atom. The van der Waals surface area contributed by atoms with Gasteiger partial charge in [-0.2, -0.15) is 0 Å². The van der Waals surface area contributed by atoms with Gasteiger partial charge < -0.3 is 40.4 Å². The van der Waals surface area contributed by atoms with E-state index in [4.69, 9.17) is 4.74 Å². The Morgan fingerprint density at radius 3 is 2.46 bits per heavy atom. The molecule has 1 aliphatic heterocycles. The summed E-state index contributed by atoms with van der Waals surface area (Å²) < 4.78 is 6.38. The first kappa shape index (κ1) is 47.2. The second-order valence-electron chi connectivity index (χ2n) is 27.1. The van der Waals surface area contributed by atoms with Gasteiger partial charge >= 0.3 is 5.97 Å². The number of hydrogen-bond donors (Lipinski definition) is 6. The van der Waals surface area contributed by atoms with Crippen molar-refractivity contribution in [2.75, 3.05) is 7.05 Å². The maximum atomic E-state index is 15.3. The zero-order chi connectivity index (χ0) is 48.3. The van der Waals surface area contributed by atoms with Crippen LogP contribution in [0.5, 0.6) is 0 Å². The number of carbonyl (C=O) groups is 2. The summed E-state index contributed by atoms with van der Waals surface area (Å²) in [7, 11) is 1.96. The largest absolute Gasteiger partial charge is 0.454 e. The third-order valence-corrected chi connectivity index (χ3v) is 25.5. The molecule has 1 aromatic rings. The monoisotopic (exact) mass is 958 g/mol. The fourth-order valence-corrected chi connectivity index (χ4v) is 22.8. The lowest BCUT2D eigenvalue weighted by atomic mass is 9.32. The van der Waals surface area contributed by atoms with E-state index in [1.807, 2.05) is 25.2 Å². The van der Waals surface area contributed by atoms with Crippen LogP contribution in [0.3, 0.4) is 0 Å². The van der Waals surface area contributed by atoms with E-state index in [-0.39, 0.29) is 54.1 Å². The number of fused-ring (bicyclic) bond motifs is 7. The van der Waals surface area contributed by atoms with Gasteiger partial charge in [-0.15, -0.1) is 0 Å². The van der Waals surface area contributed by atoms with Crippen molar-refractivity contribution in [3.63, 3.8) is 0 Å². The topological polar surface area (TPSA) is 157 Å². The van der Waals surface area contributed by atoms with Crippen molar-refractivity contribution in [3.05, 3.63) is 46.5 Å². The van der Waals surface area contributed by atoms with Crippen LogP contribution in [-0.2, 0) is 27.4 Å². The summed E-state index contributed by atoms with van der Waals surface area (Å²) >= 11 is 0. The Balaban J connectivity index is 0.983. The lowest BCUT2D eigenvalue weighted by Crippen LogP contribution is -2.82. The van der Waals surface area contributed by atoms with Gasteiger partial charge in [0.25, 0.3) is 0 Å². The zero-order valence-corrected chi connectivity index (χ0v) is 42.4. The Morgan fingerprint density at radius 2 is 1.69 bits per heavy atom. The predicted octanol–water partition coefficient (Wildman–Crippen LogP) is 8.67. The molecule has 0 aromatic heterocycles. The number of nitrogens with one attached hydrogen (secondary N) is 1. The number of ether oxygens (including phenoxy) is 1. The van der Waals surface area contributed by atoms with Gasteiger partial charge in [-0.25, -0.2) is 4.79 Å². The summed E-state index contributed by atoms with van der Waals surface area (Å²) in [6.45, 7) is 2.33. The Hall–Kier alpha value is -2.58. The average Bonchev–Trinajstić information content (AvgIpc) is 4.23. The Labute approximate surface area is 417 Å². The van der Waals surface area contributed by atoms with E-state index < -0.39 is 63.0 Å². The van der Waals surface area contributed by atoms with E-state index in [0.717, 1.165) is 67.1 Å². The maximum Gasteiger partial charge on any atom is 0.331 e. The van der Waals surface area contributed by atoms with Gasteiger partial charge in [0, 0.05) is 52.7 Å². The molecule has 10 fully saturated rings. The maximum absolute atomic E-state index is 15.3. The molecular formula is C61H83NO8. The lowest BCUT2D eigenvalue weighted by Gasteiger charge is -2.74. The number of carbonyl (C=O) groups excluding carboxylic acids is 2. The van der Waals surface area contributed by atoms with Crippen molar-refractivity contribution in [2.45, 2.75) is 216 Å². The first-order chi connectivity index (χ1) is 33.7. The molecule has 18 atom stereocenters. The van der Waals surface area contributed by atoms with Crippen molar-refractivity contribution in [1.29, 1.82) is 0 Å². The molecule has 12 aliphatic carbocycles. The van der Waals surface area contributed by atoms with Crippen LogP contribution in [0, 0.1) is 92.2 Å². The first-order valence-electron chi connectivity index (χ1n) is 28.8. The van der Waals surface area contributed by atoms with Crippen LogP contribution in [0.15, 0.2) is 29.8 Å². The van der Waals surface area contributed by atoms with E-state index in [9.17, 15) is 30.3 Å². The molecule has 4 spiro atoms. The van der Waals surface area contributed by atoms with Gasteiger partial charge in [-0.1, -0.05) is 75.8 Å². The molecule has 0 amide bonds. The minimum atomic E-state index is -1.72. The number of aldehydes is 1. The van der Waals surface area contributed by atoms with E-state index >= 15 is 4.79 Å². The molecule has 13 aliphatic rings. The second-order valence-corrected chi connectivity index (χ2v) is 27.1. The SMILES string of the molecule is CN[C@H]1Cc2c(cccc2CO)C#CCC[C@]23CC[C@H]4[C@@](O)(C[C@@H]5C[C@H]([C@@H](C)C6CCCC6)CC[C@@H]6[C@@H](O)[C@]7(CCC[C@]78CCC7(CCCC7)C8)C[C@@]4(C=O)[C@]56O)[C@@]2(O)C[C@@H]2C[C@@H]1[C@H]1OC(=O)C=C1[C@@H]23. The number of benzene rings is 1. The highest BCUT2D eigenvalue weighted by molar-refractivity contribution is 5.86. The molecule has 9 nitrogen and oxygen atoms in total. The third-order valence-electron chi connectivity index (χ3n) is 25.5. The molecule has 1 aromatic carbocycles. The van der Waals surface area contributed by atoms with Gasteiger partial charge in [-0.3, -0.25) is 0 Å². The van der Waals surface area contributed by atoms with Gasteiger partial charge in [0.1, 0.15) is 18.0 Å². The minimum absolute atomic E-state index is 0.0735. The predicted molar refractivity (Wildman–Crippen MR) is 265 cm³/mol. The van der Waals surface area contributed by atoms with Crippen molar-refractivity contribution in [3.8, 4) is 11.8 Å². The highest BCUT2D eigenvalue weighted by Crippen LogP contribution is 2.82. The van der Waals surface area contributed by atoms with E-state index in [1.54, 1.807) is 6.08 Å². The van der Waals surface area contributed by atoms with Crippen LogP contribution in [-0.4, -0.2) is 79.9 Å². The van der Waals surface area contributed by atoms with Crippen LogP contribution in [0.4, 0.5) is 0 Å². The van der Waals surface area contributed by atoms with Crippen molar-refractivity contribution in [2.24, 2.45) is 80.3 Å². The molecular weight excluding hydrogens is 875 g/mol. The molecule has 70 heavy (non-hydrogen) atoms. The van der Waals surface area contributed by atoms with E-state index in [0.29, 0.717) is 81.5 Å². The highest BCUT2D eigenvalue weighted by atomic mass is 16.5. The highest BCUT2D eigenvalue weighted by Gasteiger charge is 2.85. The molecule has 1 heterocycles. The lowest BCUT2D eigenvalue weighted by molar-refractivity contribution is -0.360. The molecule has 6 N–H and O–H groups in total. The third kappa shape index (κ3) is 5.91. The van der Waals surface area contributed by atoms with Gasteiger partial charge in [0.2, 0.25) is 0 Å². The molecule has 0 unspecified atom stereocenters. The smallest absolute Gasteiger partial charge is 0.331 e. The van der Waals surface area contributed by atoms with Crippen LogP contribution in [0.1, 0.15) is 184 Å². The summed E-state index contributed by atoms with van der Waals surface area (Å²) in [5.74, 6) is 5.95. The van der Waals surface area contributed by atoms with Crippen molar-refractivity contribution < 1.29 is 39.9 Å². The summed E-state index contributed by atoms with van der Waals surface area (Å²) in [4.78, 5) is 29.1. The summed E-state index contributed by atoms with van der Waals surface area (Å²) in [5, 5.41) is 71.8. The standard InChI is InChI=1S/C61H83NO8/c1-37(38-11-3-4-12-38)40-16-17-47-53(66)57(23-10-21-55(57)26-25-54(34-55)19-7-8-20-54)35-58(36-64)49-18-24-56-22-6-5-13-39-14-9-15-41(33-63)44(39)29-48(62-2)45-28-42(51(56)46-30-50(65)70-52(45)46)31-60(56,68)59(49,67)32-43(27-40)61(47,58)69/h9,14-15,30,36-38,40,42-43,45,47-49,51-53,62-63,66-69H,3-4,6-8,10-12,16-29,31-35H2,1-2H3/t37-,40+,42-,43-,45-,47+,48-,49+,51+,52+,53+,55+,56+,57-,58-,59-,60+,61-/m0/s1. The number of esters is 1. The molecule has 0 radical (unpaired) electrons. The number of rotatable bonds is 5. The summed E-state index contributed by atoms with van der Waals surface area (Å²) in [5.41, 5.74) is -3.83. The molecule has 10 saturated carbocycles. The quantitative estimate of drug-likeness (QED) is 0.0967. The summed E-state index contributed by atoms with van der Waals surface area (Å²) in [6, 6.07) is 5.82. The van der Waals surface area contributed by atoms with Gasteiger partial charge in [-0.05, 0) is 192 Å². The Kier molecular flexibility index (Phi) is 10.9. The first-order valence-corrected chi connectivity index (χ1v) is 28.8. The normalized spacial score (nSPS) is 50.1. The fourth-order valence-electron chi connectivity index (χ4n) is 22.8. The average molecular weight is 958 g/mol.